The van der Waals surface area contributed by atoms with Crippen LogP contribution in [-0.2, 0) is 4.74 Å². The first-order valence-electron chi connectivity index (χ1n) is 6.38. The van der Waals surface area contributed by atoms with Gasteiger partial charge < -0.3 is 10.1 Å². The monoisotopic (exact) mass is 298 g/mol. The second-order valence-electron chi connectivity index (χ2n) is 4.69. The molecule has 1 aliphatic heterocycles. The van der Waals surface area contributed by atoms with Crippen LogP contribution in [0.15, 0.2) is 18.2 Å². The summed E-state index contributed by atoms with van der Waals surface area (Å²) in [6.45, 7) is 2.01. The number of rotatable bonds is 4. The van der Waals surface area contributed by atoms with Crippen molar-refractivity contribution in [3.05, 3.63) is 38.9 Å². The molecule has 1 heterocycles. The van der Waals surface area contributed by atoms with Crippen LogP contribution in [0.4, 0.5) is 5.69 Å². The topological polar surface area (TPSA) is 81.5 Å². The van der Waals surface area contributed by atoms with Crippen LogP contribution in [-0.4, -0.2) is 30.6 Å². The molecule has 1 aromatic carbocycles. The summed E-state index contributed by atoms with van der Waals surface area (Å²) in [6.07, 6.45) is 1.85. The third-order valence-corrected chi connectivity index (χ3v) is 3.61. The van der Waals surface area contributed by atoms with Crippen LogP contribution < -0.4 is 5.32 Å². The van der Waals surface area contributed by atoms with E-state index in [-0.39, 0.29) is 22.2 Å². The van der Waals surface area contributed by atoms with Crippen LogP contribution in [0.3, 0.4) is 0 Å². The third kappa shape index (κ3) is 3.68. The maximum absolute atomic E-state index is 12.0. The number of nitro groups is 1. The molecule has 1 fully saturated rings. The zero-order valence-corrected chi connectivity index (χ0v) is 11.6. The highest BCUT2D eigenvalue weighted by Gasteiger charge is 2.18. The van der Waals surface area contributed by atoms with Gasteiger partial charge in [-0.25, -0.2) is 0 Å². The summed E-state index contributed by atoms with van der Waals surface area (Å²) in [6, 6.07) is 3.83. The van der Waals surface area contributed by atoms with Gasteiger partial charge >= 0.3 is 0 Å². The lowest BCUT2D eigenvalue weighted by Crippen LogP contribution is -2.32. The molecule has 0 spiro atoms. The van der Waals surface area contributed by atoms with Crippen LogP contribution in [0.2, 0.25) is 5.02 Å². The van der Waals surface area contributed by atoms with Crippen LogP contribution in [0.5, 0.6) is 0 Å². The average molecular weight is 299 g/mol. The molecular weight excluding hydrogens is 284 g/mol. The summed E-state index contributed by atoms with van der Waals surface area (Å²) in [5, 5.41) is 13.5. The number of non-ortho nitro benzene ring substituents is 1. The number of carbonyl (C=O) groups excluding carboxylic acids is 1. The first-order chi connectivity index (χ1) is 9.58. The molecule has 0 radical (unpaired) electrons. The third-order valence-electron chi connectivity index (χ3n) is 3.30. The van der Waals surface area contributed by atoms with Crippen molar-refractivity contribution >= 4 is 23.2 Å². The summed E-state index contributed by atoms with van der Waals surface area (Å²) in [7, 11) is 0. The minimum absolute atomic E-state index is 0.0867. The van der Waals surface area contributed by atoms with Gasteiger partial charge in [-0.3, -0.25) is 14.9 Å². The van der Waals surface area contributed by atoms with Crippen LogP contribution in [0.25, 0.3) is 0 Å². The van der Waals surface area contributed by atoms with E-state index < -0.39 is 4.92 Å². The lowest BCUT2D eigenvalue weighted by atomic mass is 10.0. The van der Waals surface area contributed by atoms with E-state index in [2.05, 4.69) is 5.32 Å². The number of halogens is 1. The first kappa shape index (κ1) is 14.7. The van der Waals surface area contributed by atoms with E-state index in [9.17, 15) is 14.9 Å². The highest BCUT2D eigenvalue weighted by molar-refractivity contribution is 6.34. The van der Waals surface area contributed by atoms with E-state index in [0.29, 0.717) is 12.5 Å². The molecule has 0 aromatic heterocycles. The van der Waals surface area contributed by atoms with Crippen LogP contribution in [0, 0.1) is 16.0 Å². The Kier molecular flexibility index (Phi) is 4.92. The summed E-state index contributed by atoms with van der Waals surface area (Å²) >= 11 is 5.90. The van der Waals surface area contributed by atoms with Crippen molar-refractivity contribution in [2.75, 3.05) is 19.8 Å². The molecule has 1 saturated heterocycles. The van der Waals surface area contributed by atoms with Gasteiger partial charge in [0.1, 0.15) is 0 Å². The Balaban J connectivity index is 1.96. The molecule has 0 saturated carbocycles. The van der Waals surface area contributed by atoms with Crippen molar-refractivity contribution in [3.63, 3.8) is 0 Å². The SMILES string of the molecule is O=C(NCC1CCOCC1)c1ccc([N+](=O)[O-])cc1Cl. The molecule has 1 amide bonds. The van der Waals surface area contributed by atoms with Crippen molar-refractivity contribution in [2.45, 2.75) is 12.8 Å². The zero-order chi connectivity index (χ0) is 14.5. The fourth-order valence-corrected chi connectivity index (χ4v) is 2.35. The number of hydrogen-bond donors (Lipinski definition) is 1. The van der Waals surface area contributed by atoms with Gasteiger partial charge in [-0.05, 0) is 24.8 Å². The van der Waals surface area contributed by atoms with Crippen LogP contribution in [0.1, 0.15) is 23.2 Å². The molecule has 1 aromatic rings. The quantitative estimate of drug-likeness (QED) is 0.683. The standard InChI is InChI=1S/C13H15ClN2O4/c14-12-7-10(16(18)19)1-2-11(12)13(17)15-8-9-3-5-20-6-4-9/h1-2,7,9H,3-6,8H2,(H,15,17). The summed E-state index contributed by atoms with van der Waals surface area (Å²) < 4.78 is 5.25. The number of amides is 1. The Morgan fingerprint density at radius 3 is 2.75 bits per heavy atom. The Morgan fingerprint density at radius 2 is 2.15 bits per heavy atom. The predicted molar refractivity (Wildman–Crippen MR) is 74.0 cm³/mol. The molecular formula is C13H15ClN2O4. The fourth-order valence-electron chi connectivity index (χ4n) is 2.08. The van der Waals surface area contributed by atoms with Gasteiger partial charge in [0.2, 0.25) is 0 Å². The van der Waals surface area contributed by atoms with Gasteiger partial charge in [-0.2, -0.15) is 0 Å². The molecule has 2 rings (SSSR count). The summed E-state index contributed by atoms with van der Waals surface area (Å²) in [4.78, 5) is 22.0. The van der Waals surface area contributed by atoms with E-state index in [1.807, 2.05) is 0 Å². The van der Waals surface area contributed by atoms with Gasteiger partial charge in [0.05, 0.1) is 15.5 Å². The Hall–Kier alpha value is -1.66. The van der Waals surface area contributed by atoms with Gasteiger partial charge in [0, 0.05) is 31.9 Å². The van der Waals surface area contributed by atoms with Gasteiger partial charge in [0.15, 0.2) is 0 Å². The smallest absolute Gasteiger partial charge is 0.270 e. The van der Waals surface area contributed by atoms with Gasteiger partial charge in [-0.15, -0.1) is 0 Å². The van der Waals surface area contributed by atoms with E-state index in [1.165, 1.54) is 18.2 Å². The molecule has 6 nitrogen and oxygen atoms in total. The van der Waals surface area contributed by atoms with Crippen molar-refractivity contribution in [1.82, 2.24) is 5.32 Å². The molecule has 1 N–H and O–H groups in total. The number of benzene rings is 1. The molecule has 0 aliphatic carbocycles. The number of nitrogens with one attached hydrogen (secondary N) is 1. The van der Waals surface area contributed by atoms with Crippen molar-refractivity contribution in [2.24, 2.45) is 5.92 Å². The Labute approximate surface area is 121 Å². The van der Waals surface area contributed by atoms with Crippen molar-refractivity contribution in [3.8, 4) is 0 Å². The van der Waals surface area contributed by atoms with Crippen LogP contribution >= 0.6 is 11.6 Å². The van der Waals surface area contributed by atoms with Crippen molar-refractivity contribution < 1.29 is 14.5 Å². The van der Waals surface area contributed by atoms with Crippen molar-refractivity contribution in [1.29, 1.82) is 0 Å². The molecule has 1 aliphatic rings. The fraction of sp³-hybridized carbons (Fsp3) is 0.462. The van der Waals surface area contributed by atoms with E-state index in [1.54, 1.807) is 0 Å². The number of nitrogens with zero attached hydrogens (tertiary/aromatic N) is 1. The Bertz CT molecular complexity index is 515. The zero-order valence-electron chi connectivity index (χ0n) is 10.8. The first-order valence-corrected chi connectivity index (χ1v) is 6.75. The largest absolute Gasteiger partial charge is 0.381 e. The van der Waals surface area contributed by atoms with E-state index in [4.69, 9.17) is 16.3 Å². The highest BCUT2D eigenvalue weighted by atomic mass is 35.5. The molecule has 20 heavy (non-hydrogen) atoms. The van der Waals surface area contributed by atoms with E-state index >= 15 is 0 Å². The average Bonchev–Trinajstić information content (AvgIpc) is 2.45. The van der Waals surface area contributed by atoms with Gasteiger partial charge in [0.25, 0.3) is 11.6 Å². The van der Waals surface area contributed by atoms with E-state index in [0.717, 1.165) is 26.1 Å². The number of nitro benzene ring substituents is 1. The predicted octanol–water partition coefficient (Wildman–Crippen LogP) is 2.40. The Morgan fingerprint density at radius 1 is 1.45 bits per heavy atom. The molecule has 0 bridgehead atoms. The molecule has 0 unspecified atom stereocenters. The van der Waals surface area contributed by atoms with Gasteiger partial charge in [-0.1, -0.05) is 11.6 Å². The number of hydrogen-bond acceptors (Lipinski definition) is 4. The number of carbonyl (C=O) groups is 1. The second-order valence-corrected chi connectivity index (χ2v) is 5.09. The molecule has 0 atom stereocenters. The summed E-state index contributed by atoms with van der Waals surface area (Å²) in [5.74, 6) is 0.0981. The summed E-state index contributed by atoms with van der Waals surface area (Å²) in [5.41, 5.74) is 0.125. The number of ether oxygens (including phenoxy) is 1. The maximum atomic E-state index is 12.0. The second kappa shape index (κ2) is 6.67. The normalized spacial score (nSPS) is 15.8. The minimum atomic E-state index is -0.546. The lowest BCUT2D eigenvalue weighted by molar-refractivity contribution is -0.384. The minimum Gasteiger partial charge on any atom is -0.381 e. The maximum Gasteiger partial charge on any atom is 0.270 e. The molecule has 108 valence electrons. The lowest BCUT2D eigenvalue weighted by Gasteiger charge is -2.22. The highest BCUT2D eigenvalue weighted by Crippen LogP contribution is 2.22. The molecule has 7 heteroatoms.